The maximum Gasteiger partial charge on any atom is 0.407 e. The van der Waals surface area contributed by atoms with E-state index < -0.39 is 28.1 Å². The van der Waals surface area contributed by atoms with Gasteiger partial charge in [0, 0.05) is 42.5 Å². The number of hydrogen-bond acceptors (Lipinski definition) is 7. The van der Waals surface area contributed by atoms with Crippen molar-refractivity contribution in [1.82, 2.24) is 14.8 Å². The van der Waals surface area contributed by atoms with Crippen LogP contribution in [0.4, 0.5) is 10.5 Å². The molecule has 11 nitrogen and oxygen atoms in total. The lowest BCUT2D eigenvalue weighted by Gasteiger charge is -2.29. The lowest BCUT2D eigenvalue weighted by atomic mass is 10.0. The molecule has 0 saturated heterocycles. The molecule has 0 fully saturated rings. The summed E-state index contributed by atoms with van der Waals surface area (Å²) in [4.78, 5) is 31.2. The number of anilines is 1. The van der Waals surface area contributed by atoms with Gasteiger partial charge in [0.25, 0.3) is 5.91 Å². The fourth-order valence-corrected chi connectivity index (χ4v) is 6.53. The van der Waals surface area contributed by atoms with Crippen LogP contribution in [-0.4, -0.2) is 77.3 Å². The lowest BCUT2D eigenvalue weighted by molar-refractivity contribution is 0.0774. The second kappa shape index (κ2) is 14.0. The summed E-state index contributed by atoms with van der Waals surface area (Å²) in [6.07, 6.45) is 0.370. The van der Waals surface area contributed by atoms with E-state index in [0.717, 1.165) is 27.7 Å². The molecule has 0 unspecified atom stereocenters. The quantitative estimate of drug-likeness (QED) is 0.151. The number of aliphatic hydroxyl groups excluding tert-OH is 1. The average Bonchev–Trinajstić information content (AvgIpc) is 3.41. The minimum Gasteiger partial charge on any atom is -0.487 e. The van der Waals surface area contributed by atoms with Crippen molar-refractivity contribution >= 4 is 38.4 Å². The Labute approximate surface area is 263 Å². The van der Waals surface area contributed by atoms with Gasteiger partial charge < -0.3 is 35.5 Å². The highest BCUT2D eigenvalue weighted by Gasteiger charge is 2.29. The van der Waals surface area contributed by atoms with Crippen molar-refractivity contribution in [2.75, 3.05) is 31.6 Å². The van der Waals surface area contributed by atoms with Gasteiger partial charge in [0.05, 0.1) is 29.4 Å². The summed E-state index contributed by atoms with van der Waals surface area (Å²) in [6, 6.07) is 16.9. The van der Waals surface area contributed by atoms with E-state index in [1.807, 2.05) is 50.2 Å². The van der Waals surface area contributed by atoms with Gasteiger partial charge in [-0.1, -0.05) is 48.5 Å². The molecule has 0 aliphatic heterocycles. The van der Waals surface area contributed by atoms with E-state index in [0.29, 0.717) is 24.2 Å². The third kappa shape index (κ3) is 7.40. The number of hydrogen-bond donors (Lipinski definition) is 4. The second-order valence-electron chi connectivity index (χ2n) is 11.0. The molecule has 0 spiro atoms. The Kier molecular flexibility index (Phi) is 10.4. The van der Waals surface area contributed by atoms with Gasteiger partial charge in [-0.25, -0.2) is 13.2 Å². The van der Waals surface area contributed by atoms with Crippen molar-refractivity contribution in [3.63, 3.8) is 0 Å². The van der Waals surface area contributed by atoms with Gasteiger partial charge in [0.1, 0.15) is 17.3 Å². The molecule has 2 amide bonds. The fourth-order valence-electron chi connectivity index (χ4n) is 5.52. The van der Waals surface area contributed by atoms with Crippen LogP contribution in [0.3, 0.4) is 0 Å². The molecule has 2 atom stereocenters. The molecule has 4 rings (SSSR count). The van der Waals surface area contributed by atoms with Crippen molar-refractivity contribution in [1.29, 1.82) is 0 Å². The van der Waals surface area contributed by atoms with Crippen LogP contribution in [0.5, 0.6) is 5.75 Å². The van der Waals surface area contributed by atoms with E-state index in [4.69, 9.17) is 10.5 Å². The van der Waals surface area contributed by atoms with Crippen molar-refractivity contribution in [3.8, 4) is 5.75 Å². The van der Waals surface area contributed by atoms with Crippen LogP contribution in [0, 0.1) is 0 Å². The molecular weight excluding hydrogens is 596 g/mol. The Balaban J connectivity index is 1.57. The van der Waals surface area contributed by atoms with Crippen LogP contribution in [0.2, 0.25) is 0 Å². The number of aliphatic hydroxyl groups is 1. The van der Waals surface area contributed by atoms with Crippen molar-refractivity contribution in [3.05, 3.63) is 89.1 Å². The predicted octanol–water partition coefficient (Wildman–Crippen LogP) is 4.86. The number of benzene rings is 3. The zero-order valence-electron chi connectivity index (χ0n) is 25.9. The largest absolute Gasteiger partial charge is 0.487 e. The third-order valence-corrected chi connectivity index (χ3v) is 9.07. The summed E-state index contributed by atoms with van der Waals surface area (Å²) >= 11 is 0. The molecule has 0 aliphatic rings. The molecule has 3 aromatic carbocycles. The number of aromatic nitrogens is 1. The predicted molar refractivity (Wildman–Crippen MR) is 173 cm³/mol. The summed E-state index contributed by atoms with van der Waals surface area (Å²) in [5.74, 6) is -0.0543. The molecule has 0 radical (unpaired) electrons. The Bertz CT molecular complexity index is 1770. The Morgan fingerprint density at radius 2 is 1.71 bits per heavy atom. The summed E-state index contributed by atoms with van der Waals surface area (Å²) in [7, 11) is -3.88. The molecule has 45 heavy (non-hydrogen) atoms. The van der Waals surface area contributed by atoms with Gasteiger partial charge in [0.15, 0.2) is 9.84 Å². The van der Waals surface area contributed by atoms with Crippen molar-refractivity contribution < 1.29 is 33.0 Å². The number of nitrogens with two attached hydrogens (primary N) is 1. The van der Waals surface area contributed by atoms with E-state index in [-0.39, 0.29) is 47.4 Å². The number of nitrogen functional groups attached to an aromatic ring is 1. The Morgan fingerprint density at radius 1 is 1.02 bits per heavy atom. The molecular formula is C33H40N4O7S. The molecule has 1 aromatic heterocycles. The fraction of sp³-hybridized carbons (Fsp3) is 0.333. The van der Waals surface area contributed by atoms with E-state index >= 15 is 0 Å². The average molecular weight is 637 g/mol. The normalized spacial score (nSPS) is 12.9. The highest BCUT2D eigenvalue weighted by molar-refractivity contribution is 7.91. The van der Waals surface area contributed by atoms with E-state index in [1.165, 1.54) is 12.1 Å². The lowest BCUT2D eigenvalue weighted by Crippen LogP contribution is -2.41. The number of nitrogens with zero attached hydrogens (tertiary/aromatic N) is 2. The van der Waals surface area contributed by atoms with Crippen LogP contribution in [-0.2, 0) is 22.9 Å². The SMILES string of the molecule is CCN(CC)C(=O)c1cccc2c(C[C@@H](C)N(C[C@H](O)c3ccc(OCc4ccccc4)c(S(C)(=O)=O)c3N)C(=O)O)c[nH]c12. The number of carboxylic acid groups (broad SMARTS) is 1. The number of carbonyl (C=O) groups excluding carboxylic acids is 1. The number of rotatable bonds is 13. The first-order valence-electron chi connectivity index (χ1n) is 14.7. The number of fused-ring (bicyclic) bond motifs is 1. The smallest absolute Gasteiger partial charge is 0.407 e. The molecule has 4 aromatic rings. The van der Waals surface area contributed by atoms with Crippen LogP contribution in [0.25, 0.3) is 10.9 Å². The first-order chi connectivity index (χ1) is 21.4. The summed E-state index contributed by atoms with van der Waals surface area (Å²) in [5, 5.41) is 22.1. The monoisotopic (exact) mass is 636 g/mol. The molecule has 0 bridgehead atoms. The summed E-state index contributed by atoms with van der Waals surface area (Å²) in [5.41, 5.74) is 9.03. The zero-order chi connectivity index (χ0) is 32.9. The topological polar surface area (TPSA) is 166 Å². The molecule has 0 aliphatic carbocycles. The first kappa shape index (κ1) is 33.3. The minimum atomic E-state index is -3.88. The maximum atomic E-state index is 13.1. The number of aromatic amines is 1. The number of ether oxygens (including phenoxy) is 1. The van der Waals surface area contributed by atoms with Gasteiger partial charge in [-0.05, 0) is 50.5 Å². The molecule has 1 heterocycles. The molecule has 0 saturated carbocycles. The van der Waals surface area contributed by atoms with Gasteiger partial charge in [-0.15, -0.1) is 0 Å². The van der Waals surface area contributed by atoms with E-state index in [9.17, 15) is 28.2 Å². The number of H-pyrrole nitrogens is 1. The number of nitrogens with one attached hydrogen (secondary N) is 1. The highest BCUT2D eigenvalue weighted by atomic mass is 32.2. The Morgan fingerprint density at radius 3 is 2.33 bits per heavy atom. The maximum absolute atomic E-state index is 13.1. The van der Waals surface area contributed by atoms with Crippen molar-refractivity contribution in [2.24, 2.45) is 0 Å². The third-order valence-electron chi connectivity index (χ3n) is 7.91. The summed E-state index contributed by atoms with van der Waals surface area (Å²) in [6.45, 7) is 6.45. The highest BCUT2D eigenvalue weighted by Crippen LogP contribution is 2.36. The van der Waals surface area contributed by atoms with Crippen molar-refractivity contribution in [2.45, 2.75) is 50.8 Å². The molecule has 5 N–H and O–H groups in total. The van der Waals surface area contributed by atoms with Gasteiger partial charge in [-0.2, -0.15) is 0 Å². The minimum absolute atomic E-state index is 0.0384. The van der Waals surface area contributed by atoms with Gasteiger partial charge in [-0.3, -0.25) is 4.79 Å². The number of sulfone groups is 1. The number of carbonyl (C=O) groups is 2. The standard InChI is InChI=1S/C33H40N4O7S/c1-5-36(6-2)32(39)26-14-10-13-24-23(18-35-30(24)26)17-21(3)37(33(40)41)19-27(38)25-15-16-28(31(29(25)34)45(4,42)43)44-20-22-11-8-7-9-12-22/h7-16,18,21,27,35,38H,5-6,17,19-20,34H2,1-4H3,(H,40,41)/t21-,27+/m1/s1. The van der Waals surface area contributed by atoms with Crippen LogP contribution >= 0.6 is 0 Å². The van der Waals surface area contributed by atoms with Crippen LogP contribution in [0.15, 0.2) is 71.8 Å². The second-order valence-corrected chi connectivity index (χ2v) is 12.9. The van der Waals surface area contributed by atoms with Crippen LogP contribution < -0.4 is 10.5 Å². The molecule has 12 heteroatoms. The Hall–Kier alpha value is -4.55. The molecule has 240 valence electrons. The first-order valence-corrected chi connectivity index (χ1v) is 16.6. The van der Waals surface area contributed by atoms with E-state index in [1.54, 1.807) is 30.2 Å². The van der Waals surface area contributed by atoms with E-state index in [2.05, 4.69) is 4.98 Å². The van der Waals surface area contributed by atoms with Crippen LogP contribution in [0.1, 0.15) is 53.9 Å². The number of para-hydroxylation sites is 1. The zero-order valence-corrected chi connectivity index (χ0v) is 26.7. The van der Waals surface area contributed by atoms with Gasteiger partial charge in [0.2, 0.25) is 0 Å². The summed E-state index contributed by atoms with van der Waals surface area (Å²) < 4.78 is 31.3. The van der Waals surface area contributed by atoms with Gasteiger partial charge >= 0.3 is 6.09 Å². The number of amides is 2.